The van der Waals surface area contributed by atoms with Gasteiger partial charge < -0.3 is 9.84 Å². The second kappa shape index (κ2) is 7.02. The van der Waals surface area contributed by atoms with Gasteiger partial charge in [0.2, 0.25) is 17.6 Å². The van der Waals surface area contributed by atoms with Crippen molar-refractivity contribution in [3.05, 3.63) is 65.4 Å². The molecular formula is C17H15N3O2S. The fraction of sp³-hybridized carbons (Fsp3) is 0.118. The number of benzene rings is 1. The third-order valence-corrected chi connectivity index (χ3v) is 4.07. The Morgan fingerprint density at radius 3 is 2.83 bits per heavy atom. The number of aromatic nitrogens is 2. The van der Waals surface area contributed by atoms with Crippen LogP contribution in [0.5, 0.6) is 0 Å². The zero-order valence-corrected chi connectivity index (χ0v) is 13.3. The summed E-state index contributed by atoms with van der Waals surface area (Å²) in [6, 6.07) is 13.6. The van der Waals surface area contributed by atoms with Crippen LogP contribution < -0.4 is 5.32 Å². The first kappa shape index (κ1) is 15.2. The van der Waals surface area contributed by atoms with Crippen molar-refractivity contribution in [3.63, 3.8) is 0 Å². The number of hydrogen-bond donors (Lipinski definition) is 1. The highest BCUT2D eigenvalue weighted by atomic mass is 32.1. The Balaban J connectivity index is 1.59. The van der Waals surface area contributed by atoms with E-state index in [9.17, 15) is 4.79 Å². The Bertz CT molecular complexity index is 808. The van der Waals surface area contributed by atoms with Gasteiger partial charge >= 0.3 is 0 Å². The number of thiophene rings is 1. The summed E-state index contributed by atoms with van der Waals surface area (Å²) in [5, 5.41) is 8.60. The van der Waals surface area contributed by atoms with Crippen LogP contribution in [0.3, 0.4) is 0 Å². The molecule has 3 rings (SSSR count). The van der Waals surface area contributed by atoms with Crippen LogP contribution >= 0.6 is 11.3 Å². The molecule has 2 heterocycles. The van der Waals surface area contributed by atoms with Crippen molar-refractivity contribution in [2.45, 2.75) is 13.5 Å². The van der Waals surface area contributed by atoms with E-state index in [-0.39, 0.29) is 12.5 Å². The van der Waals surface area contributed by atoms with Crippen LogP contribution in [0.15, 0.2) is 58.4 Å². The maximum atomic E-state index is 12.0. The molecule has 0 unspecified atom stereocenters. The molecule has 0 saturated carbocycles. The summed E-state index contributed by atoms with van der Waals surface area (Å²) >= 11 is 1.54. The van der Waals surface area contributed by atoms with Gasteiger partial charge in [-0.25, -0.2) is 0 Å². The monoisotopic (exact) mass is 325 g/mol. The van der Waals surface area contributed by atoms with Crippen LogP contribution in [0.4, 0.5) is 0 Å². The number of nitrogens with zero attached hydrogens (tertiary/aromatic N) is 2. The standard InChI is InChI=1S/C17H15N3O2S/c1-12(13-6-3-2-4-7-13)10-15(21)18-11-16-19-17(20-22-16)14-8-5-9-23-14/h2-10H,11H2,1H3,(H,18,21)/b12-10+. The van der Waals surface area contributed by atoms with Gasteiger partial charge in [0.25, 0.3) is 0 Å². The van der Waals surface area contributed by atoms with Crippen molar-refractivity contribution in [1.29, 1.82) is 0 Å². The summed E-state index contributed by atoms with van der Waals surface area (Å²) in [5.74, 6) is 0.731. The molecule has 0 atom stereocenters. The summed E-state index contributed by atoms with van der Waals surface area (Å²) < 4.78 is 5.14. The second-order valence-electron chi connectivity index (χ2n) is 4.90. The van der Waals surface area contributed by atoms with Crippen molar-refractivity contribution < 1.29 is 9.32 Å². The fourth-order valence-corrected chi connectivity index (χ4v) is 2.68. The van der Waals surface area contributed by atoms with Crippen LogP contribution in [0.25, 0.3) is 16.3 Å². The van der Waals surface area contributed by atoms with Gasteiger partial charge in [-0.15, -0.1) is 11.3 Å². The summed E-state index contributed by atoms with van der Waals surface area (Å²) in [5.41, 5.74) is 1.91. The Hall–Kier alpha value is -2.73. The first-order valence-corrected chi connectivity index (χ1v) is 7.98. The predicted molar refractivity (Wildman–Crippen MR) is 89.6 cm³/mol. The Morgan fingerprint density at radius 2 is 2.09 bits per heavy atom. The van der Waals surface area contributed by atoms with Gasteiger partial charge in [-0.2, -0.15) is 4.98 Å². The van der Waals surface area contributed by atoms with E-state index in [0.717, 1.165) is 16.0 Å². The van der Waals surface area contributed by atoms with Crippen molar-refractivity contribution in [3.8, 4) is 10.7 Å². The van der Waals surface area contributed by atoms with Gasteiger partial charge in [-0.1, -0.05) is 41.6 Å². The molecular weight excluding hydrogens is 310 g/mol. The second-order valence-corrected chi connectivity index (χ2v) is 5.85. The number of rotatable bonds is 5. The zero-order chi connectivity index (χ0) is 16.1. The van der Waals surface area contributed by atoms with E-state index in [1.807, 2.05) is 54.8 Å². The molecule has 3 aromatic rings. The Kier molecular flexibility index (Phi) is 4.63. The van der Waals surface area contributed by atoms with E-state index in [1.54, 1.807) is 6.08 Å². The molecule has 0 bridgehead atoms. The smallest absolute Gasteiger partial charge is 0.246 e. The van der Waals surface area contributed by atoms with Gasteiger partial charge in [0.05, 0.1) is 11.4 Å². The Morgan fingerprint density at radius 1 is 1.26 bits per heavy atom. The predicted octanol–water partition coefficient (Wildman–Crippen LogP) is 3.52. The van der Waals surface area contributed by atoms with Crippen molar-refractivity contribution in [2.24, 2.45) is 0 Å². The quantitative estimate of drug-likeness (QED) is 0.729. The molecule has 5 nitrogen and oxygen atoms in total. The average molecular weight is 325 g/mol. The maximum Gasteiger partial charge on any atom is 0.246 e. The van der Waals surface area contributed by atoms with Gasteiger partial charge in [0, 0.05) is 6.08 Å². The van der Waals surface area contributed by atoms with E-state index in [0.29, 0.717) is 11.7 Å². The summed E-state index contributed by atoms with van der Waals surface area (Å²) in [7, 11) is 0. The third-order valence-electron chi connectivity index (χ3n) is 3.20. The number of allylic oxidation sites excluding steroid dienone is 1. The molecule has 0 aliphatic carbocycles. The van der Waals surface area contributed by atoms with Gasteiger partial charge in [-0.05, 0) is 29.5 Å². The number of carbonyl (C=O) groups excluding carboxylic acids is 1. The van der Waals surface area contributed by atoms with Crippen molar-refractivity contribution in [2.75, 3.05) is 0 Å². The minimum absolute atomic E-state index is 0.192. The van der Waals surface area contributed by atoms with Crippen molar-refractivity contribution in [1.82, 2.24) is 15.5 Å². The number of nitrogens with one attached hydrogen (secondary N) is 1. The first-order chi connectivity index (χ1) is 11.2. The SMILES string of the molecule is C/C(=C\C(=O)NCc1nc(-c2cccs2)no1)c1ccccc1. The van der Waals surface area contributed by atoms with Gasteiger partial charge in [-0.3, -0.25) is 4.79 Å². The lowest BCUT2D eigenvalue weighted by molar-refractivity contribution is -0.116. The summed E-state index contributed by atoms with van der Waals surface area (Å²) in [4.78, 5) is 17.2. The first-order valence-electron chi connectivity index (χ1n) is 7.10. The molecule has 1 N–H and O–H groups in total. The maximum absolute atomic E-state index is 12.0. The molecule has 2 aromatic heterocycles. The molecule has 116 valence electrons. The minimum Gasteiger partial charge on any atom is -0.343 e. The highest BCUT2D eigenvalue weighted by molar-refractivity contribution is 7.13. The number of amides is 1. The summed E-state index contributed by atoms with van der Waals surface area (Å²) in [6.45, 7) is 2.10. The molecule has 6 heteroatoms. The highest BCUT2D eigenvalue weighted by Gasteiger charge is 2.10. The molecule has 1 aromatic carbocycles. The summed E-state index contributed by atoms with van der Waals surface area (Å²) in [6.07, 6.45) is 1.56. The van der Waals surface area contributed by atoms with Crippen LogP contribution in [0.1, 0.15) is 18.4 Å². The average Bonchev–Trinajstić information content (AvgIpc) is 3.25. The molecule has 0 spiro atoms. The molecule has 1 amide bonds. The van der Waals surface area contributed by atoms with E-state index < -0.39 is 0 Å². The highest BCUT2D eigenvalue weighted by Crippen LogP contribution is 2.21. The van der Waals surface area contributed by atoms with Crippen LogP contribution in [0.2, 0.25) is 0 Å². The van der Waals surface area contributed by atoms with E-state index in [1.165, 1.54) is 11.3 Å². The zero-order valence-electron chi connectivity index (χ0n) is 12.5. The normalized spacial score (nSPS) is 11.4. The molecule has 23 heavy (non-hydrogen) atoms. The van der Waals surface area contributed by atoms with E-state index >= 15 is 0 Å². The molecule has 0 aliphatic rings. The largest absolute Gasteiger partial charge is 0.343 e. The molecule has 0 radical (unpaired) electrons. The lowest BCUT2D eigenvalue weighted by Crippen LogP contribution is -2.20. The van der Waals surface area contributed by atoms with Crippen LogP contribution in [-0.2, 0) is 11.3 Å². The van der Waals surface area contributed by atoms with Crippen LogP contribution in [-0.4, -0.2) is 16.0 Å². The molecule has 0 fully saturated rings. The van der Waals surface area contributed by atoms with E-state index in [2.05, 4.69) is 15.5 Å². The lowest BCUT2D eigenvalue weighted by Gasteiger charge is -2.02. The third kappa shape index (κ3) is 3.92. The fourth-order valence-electron chi connectivity index (χ4n) is 2.03. The molecule has 0 saturated heterocycles. The molecule has 0 aliphatic heterocycles. The lowest BCUT2D eigenvalue weighted by atomic mass is 10.1. The van der Waals surface area contributed by atoms with Crippen LogP contribution in [0, 0.1) is 0 Å². The van der Waals surface area contributed by atoms with Gasteiger partial charge in [0.15, 0.2) is 0 Å². The number of hydrogen-bond acceptors (Lipinski definition) is 5. The minimum atomic E-state index is -0.192. The number of carbonyl (C=O) groups is 1. The van der Waals surface area contributed by atoms with Gasteiger partial charge in [0.1, 0.15) is 0 Å². The van der Waals surface area contributed by atoms with Crippen molar-refractivity contribution >= 4 is 22.8 Å². The Labute approximate surface area is 137 Å². The topological polar surface area (TPSA) is 68.0 Å². The van der Waals surface area contributed by atoms with E-state index in [4.69, 9.17) is 4.52 Å².